The molecule has 0 saturated carbocycles. The van der Waals surface area contributed by atoms with Gasteiger partial charge in [-0.1, -0.05) is 44.6 Å². The molecule has 0 aliphatic rings. The van der Waals surface area contributed by atoms with E-state index in [0.717, 1.165) is 24.0 Å². The van der Waals surface area contributed by atoms with Crippen molar-refractivity contribution in [1.82, 2.24) is 5.32 Å². The van der Waals surface area contributed by atoms with E-state index >= 15 is 0 Å². The lowest BCUT2D eigenvalue weighted by Crippen LogP contribution is -2.29. The molecule has 1 amide bonds. The predicted octanol–water partition coefficient (Wildman–Crippen LogP) is 2.50. The molecule has 0 heterocycles. The molecule has 2 N–H and O–H groups in total. The van der Waals surface area contributed by atoms with Gasteiger partial charge >= 0.3 is 0 Å². The summed E-state index contributed by atoms with van der Waals surface area (Å²) in [6.07, 6.45) is 2.13. The van der Waals surface area contributed by atoms with Crippen LogP contribution in [0.15, 0.2) is 18.2 Å². The normalized spacial score (nSPS) is 10.1. The number of aliphatic hydroxyl groups excluding tert-OH is 1. The number of hydrogen-bond acceptors (Lipinski definition) is 2. The van der Waals surface area contributed by atoms with Crippen LogP contribution in [0.5, 0.6) is 0 Å². The van der Waals surface area contributed by atoms with Gasteiger partial charge in [-0.15, -0.1) is 0 Å². The van der Waals surface area contributed by atoms with Gasteiger partial charge in [-0.2, -0.15) is 0 Å². The lowest BCUT2D eigenvalue weighted by molar-refractivity contribution is 0.0946. The van der Waals surface area contributed by atoms with E-state index < -0.39 is 0 Å². The second kappa shape index (κ2) is 8.39. The summed E-state index contributed by atoms with van der Waals surface area (Å²) >= 11 is 0. The molecule has 1 rings (SSSR count). The van der Waals surface area contributed by atoms with Crippen molar-refractivity contribution in [2.45, 2.75) is 33.6 Å². The predicted molar refractivity (Wildman–Crippen MR) is 81.5 cm³/mol. The summed E-state index contributed by atoms with van der Waals surface area (Å²) in [5.74, 6) is 5.95. The number of amides is 1. The first-order chi connectivity index (χ1) is 9.63. The number of carbonyl (C=O) groups excluding carboxylic acids is 1. The van der Waals surface area contributed by atoms with Crippen LogP contribution in [0.3, 0.4) is 0 Å². The smallest absolute Gasteiger partial charge is 0.251 e. The summed E-state index contributed by atoms with van der Waals surface area (Å²) in [5, 5.41) is 11.7. The highest BCUT2D eigenvalue weighted by atomic mass is 16.2. The van der Waals surface area contributed by atoms with Crippen LogP contribution in [0, 0.1) is 24.7 Å². The van der Waals surface area contributed by atoms with Gasteiger partial charge in [0.2, 0.25) is 0 Å². The van der Waals surface area contributed by atoms with Crippen molar-refractivity contribution in [1.29, 1.82) is 0 Å². The second-order valence-corrected chi connectivity index (χ2v) is 4.83. The lowest BCUT2D eigenvalue weighted by Gasteiger charge is -2.14. The van der Waals surface area contributed by atoms with Gasteiger partial charge in [0, 0.05) is 17.7 Å². The number of carbonyl (C=O) groups is 1. The zero-order chi connectivity index (χ0) is 15.0. The molecule has 0 aliphatic heterocycles. The van der Waals surface area contributed by atoms with Crippen LogP contribution in [0.2, 0.25) is 0 Å². The minimum Gasteiger partial charge on any atom is -0.384 e. The molecule has 0 spiro atoms. The molecule has 1 aromatic rings. The Bertz CT molecular complexity index is 507. The lowest BCUT2D eigenvalue weighted by atomic mass is 10.0. The summed E-state index contributed by atoms with van der Waals surface area (Å²) in [5.41, 5.74) is 2.30. The summed E-state index contributed by atoms with van der Waals surface area (Å²) in [6, 6.07) is 5.48. The molecule has 108 valence electrons. The topological polar surface area (TPSA) is 49.3 Å². The van der Waals surface area contributed by atoms with Crippen LogP contribution < -0.4 is 5.32 Å². The Hall–Kier alpha value is -1.79. The number of aliphatic hydroxyl groups is 1. The molecule has 3 heteroatoms. The van der Waals surface area contributed by atoms with E-state index in [1.807, 2.05) is 25.1 Å². The monoisotopic (exact) mass is 273 g/mol. The molecule has 0 atom stereocenters. The van der Waals surface area contributed by atoms with Crippen LogP contribution in [-0.2, 0) is 0 Å². The number of rotatable bonds is 5. The third kappa shape index (κ3) is 4.40. The Morgan fingerprint density at radius 1 is 1.35 bits per heavy atom. The van der Waals surface area contributed by atoms with Crippen LogP contribution in [0.1, 0.15) is 48.2 Å². The first kappa shape index (κ1) is 16.3. The van der Waals surface area contributed by atoms with Crippen molar-refractivity contribution in [3.05, 3.63) is 34.9 Å². The van der Waals surface area contributed by atoms with Crippen molar-refractivity contribution in [3.8, 4) is 11.8 Å². The summed E-state index contributed by atoms with van der Waals surface area (Å²) in [7, 11) is 0. The Kier molecular flexibility index (Phi) is 6.83. The number of benzene rings is 1. The molecular formula is C17H23NO2. The maximum Gasteiger partial charge on any atom is 0.251 e. The van der Waals surface area contributed by atoms with Gasteiger partial charge in [-0.05, 0) is 30.5 Å². The van der Waals surface area contributed by atoms with Gasteiger partial charge < -0.3 is 10.4 Å². The average molecular weight is 273 g/mol. The quantitative estimate of drug-likeness (QED) is 0.810. The fraction of sp³-hybridized carbons (Fsp3) is 0.471. The highest BCUT2D eigenvalue weighted by Gasteiger charge is 2.12. The van der Waals surface area contributed by atoms with E-state index in [2.05, 4.69) is 31.0 Å². The third-order valence-corrected chi connectivity index (χ3v) is 3.59. The first-order valence-corrected chi connectivity index (χ1v) is 7.11. The summed E-state index contributed by atoms with van der Waals surface area (Å²) in [4.78, 5) is 12.2. The number of hydrogen-bond donors (Lipinski definition) is 2. The molecule has 0 radical (unpaired) electrons. The van der Waals surface area contributed by atoms with E-state index in [9.17, 15) is 4.79 Å². The number of nitrogens with one attached hydrogen (secondary N) is 1. The van der Waals surface area contributed by atoms with Crippen LogP contribution >= 0.6 is 0 Å². The van der Waals surface area contributed by atoms with E-state index in [-0.39, 0.29) is 12.5 Å². The van der Waals surface area contributed by atoms with Crippen molar-refractivity contribution >= 4 is 5.91 Å². The van der Waals surface area contributed by atoms with Crippen molar-refractivity contribution in [2.75, 3.05) is 13.2 Å². The SMILES string of the molecule is CCC(CC)CNC(=O)c1cccc(C#CCO)c1C. The van der Waals surface area contributed by atoms with E-state index in [4.69, 9.17) is 5.11 Å². The molecule has 0 saturated heterocycles. The summed E-state index contributed by atoms with van der Waals surface area (Å²) < 4.78 is 0. The third-order valence-electron chi connectivity index (χ3n) is 3.59. The van der Waals surface area contributed by atoms with E-state index in [0.29, 0.717) is 18.0 Å². The van der Waals surface area contributed by atoms with Crippen LogP contribution in [0.25, 0.3) is 0 Å². The van der Waals surface area contributed by atoms with E-state index in [1.54, 1.807) is 0 Å². The molecule has 1 aromatic carbocycles. The zero-order valence-corrected chi connectivity index (χ0v) is 12.5. The Labute approximate surface area is 121 Å². The minimum atomic E-state index is -0.176. The van der Waals surface area contributed by atoms with Crippen LogP contribution in [-0.4, -0.2) is 24.2 Å². The maximum absolute atomic E-state index is 12.2. The van der Waals surface area contributed by atoms with E-state index in [1.165, 1.54) is 0 Å². The Morgan fingerprint density at radius 2 is 2.05 bits per heavy atom. The molecule has 0 aliphatic carbocycles. The van der Waals surface area contributed by atoms with Crippen LogP contribution in [0.4, 0.5) is 0 Å². The van der Waals surface area contributed by atoms with Gasteiger partial charge in [-0.25, -0.2) is 0 Å². The molecule has 20 heavy (non-hydrogen) atoms. The van der Waals surface area contributed by atoms with Gasteiger partial charge in [0.1, 0.15) is 6.61 Å². The van der Waals surface area contributed by atoms with Gasteiger partial charge in [-0.3, -0.25) is 4.79 Å². The zero-order valence-electron chi connectivity index (χ0n) is 12.5. The minimum absolute atomic E-state index is 0.0537. The molecule has 0 bridgehead atoms. The fourth-order valence-corrected chi connectivity index (χ4v) is 2.06. The standard InChI is InChI=1S/C17H23NO2/c1-4-14(5-2)12-18-17(20)16-10-6-8-15(13(16)3)9-7-11-19/h6,8,10,14,19H,4-5,11-12H2,1-3H3,(H,18,20). The first-order valence-electron chi connectivity index (χ1n) is 7.11. The molecule has 0 aromatic heterocycles. The maximum atomic E-state index is 12.2. The molecular weight excluding hydrogens is 250 g/mol. The highest BCUT2D eigenvalue weighted by Crippen LogP contribution is 2.13. The highest BCUT2D eigenvalue weighted by molar-refractivity contribution is 5.96. The van der Waals surface area contributed by atoms with Crippen molar-refractivity contribution < 1.29 is 9.90 Å². The Balaban J connectivity index is 2.83. The molecule has 0 fully saturated rings. The second-order valence-electron chi connectivity index (χ2n) is 4.83. The van der Waals surface area contributed by atoms with Gasteiger partial charge in [0.05, 0.1) is 0 Å². The Morgan fingerprint density at radius 3 is 2.65 bits per heavy atom. The van der Waals surface area contributed by atoms with Gasteiger partial charge in [0.25, 0.3) is 5.91 Å². The van der Waals surface area contributed by atoms with Gasteiger partial charge in [0.15, 0.2) is 0 Å². The average Bonchev–Trinajstić information content (AvgIpc) is 2.47. The molecule has 0 unspecified atom stereocenters. The molecule has 3 nitrogen and oxygen atoms in total. The van der Waals surface area contributed by atoms with Crippen molar-refractivity contribution in [3.63, 3.8) is 0 Å². The summed E-state index contributed by atoms with van der Waals surface area (Å²) in [6.45, 7) is 6.68. The fourth-order valence-electron chi connectivity index (χ4n) is 2.06. The largest absolute Gasteiger partial charge is 0.384 e. The van der Waals surface area contributed by atoms with Crippen molar-refractivity contribution in [2.24, 2.45) is 5.92 Å².